The maximum absolute atomic E-state index is 13.2. The Labute approximate surface area is 172 Å². The summed E-state index contributed by atoms with van der Waals surface area (Å²) in [7, 11) is -4.36. The third-order valence-corrected chi connectivity index (χ3v) is 6.24. The Morgan fingerprint density at radius 2 is 1.87 bits per heavy atom. The highest BCUT2D eigenvalue weighted by atomic mass is 32.2. The lowest BCUT2D eigenvalue weighted by Gasteiger charge is -2.16. The van der Waals surface area contributed by atoms with E-state index >= 15 is 0 Å². The molecule has 0 amide bonds. The number of carbonyl (C=O) groups is 1. The number of rotatable bonds is 6. The number of fused-ring (bicyclic) bond motifs is 1. The van der Waals surface area contributed by atoms with E-state index in [4.69, 9.17) is 4.74 Å². The number of carbonyl (C=O) groups excluding carboxylic acids is 1. The molecule has 0 heterocycles. The Balaban J connectivity index is 1.75. The lowest BCUT2D eigenvalue weighted by Crippen LogP contribution is -2.36. The number of hydrogen-bond acceptors (Lipinski definition) is 4. The first kappa shape index (κ1) is 22.0. The van der Waals surface area contributed by atoms with Crippen LogP contribution in [-0.4, -0.2) is 27.0 Å². The number of sulfonamides is 1. The third kappa shape index (κ3) is 5.09. The third-order valence-electron chi connectivity index (χ3n) is 4.67. The molecule has 0 aliphatic heterocycles. The molecule has 9 heteroatoms. The lowest BCUT2D eigenvalue weighted by atomic mass is 10.1. The zero-order valence-corrected chi connectivity index (χ0v) is 16.9. The maximum Gasteiger partial charge on any atom is 0.417 e. The van der Waals surface area contributed by atoms with Crippen molar-refractivity contribution in [3.8, 4) is 0 Å². The van der Waals surface area contributed by atoms with Gasteiger partial charge in [0.15, 0.2) is 0 Å². The highest BCUT2D eigenvalue weighted by Gasteiger charge is 2.38. The quantitative estimate of drug-likeness (QED) is 0.550. The van der Waals surface area contributed by atoms with Gasteiger partial charge >= 0.3 is 12.1 Å². The van der Waals surface area contributed by atoms with Crippen LogP contribution in [0.25, 0.3) is 6.08 Å². The molecule has 0 bridgehead atoms. The van der Waals surface area contributed by atoms with Crippen LogP contribution in [0.4, 0.5) is 13.2 Å². The van der Waals surface area contributed by atoms with Gasteiger partial charge in [-0.1, -0.05) is 30.3 Å². The largest absolute Gasteiger partial charge is 0.463 e. The Kier molecular flexibility index (Phi) is 6.33. The number of ether oxygens (including phenoxy) is 1. The molecule has 1 N–H and O–H groups in total. The van der Waals surface area contributed by atoms with E-state index in [0.29, 0.717) is 12.8 Å². The first-order valence-electron chi connectivity index (χ1n) is 9.25. The average molecular weight is 439 g/mol. The summed E-state index contributed by atoms with van der Waals surface area (Å²) in [6.07, 6.45) is -1.18. The number of halogens is 3. The molecule has 1 unspecified atom stereocenters. The van der Waals surface area contributed by atoms with Gasteiger partial charge in [-0.05, 0) is 54.7 Å². The highest BCUT2D eigenvalue weighted by Crippen LogP contribution is 2.34. The van der Waals surface area contributed by atoms with E-state index in [2.05, 4.69) is 4.72 Å². The molecule has 0 spiro atoms. The van der Waals surface area contributed by atoms with Gasteiger partial charge in [-0.25, -0.2) is 17.9 Å². The molecule has 3 rings (SSSR count). The summed E-state index contributed by atoms with van der Waals surface area (Å²) in [4.78, 5) is 10.6. The van der Waals surface area contributed by atoms with Crippen molar-refractivity contribution in [1.82, 2.24) is 4.72 Å². The van der Waals surface area contributed by atoms with Crippen LogP contribution in [-0.2, 0) is 38.6 Å². The standard InChI is InChI=1S/C21H20F3NO4S/c1-2-29-20(26)10-8-14-7-9-15-12-17(13-16(15)11-14)25-30(27,28)19-6-4-3-5-18(19)21(22,23)24/h3-11,17,25H,2,12-13H2,1H3/b10-8+. The van der Waals surface area contributed by atoms with Gasteiger partial charge in [-0.15, -0.1) is 0 Å². The van der Waals surface area contributed by atoms with Crippen LogP contribution in [0.2, 0.25) is 0 Å². The zero-order chi connectivity index (χ0) is 21.9. The minimum atomic E-state index is -4.77. The summed E-state index contributed by atoms with van der Waals surface area (Å²) in [5.41, 5.74) is 1.32. The molecular weight excluding hydrogens is 419 g/mol. The number of hydrogen-bond donors (Lipinski definition) is 1. The van der Waals surface area contributed by atoms with Crippen molar-refractivity contribution < 1.29 is 31.1 Å². The average Bonchev–Trinajstić information content (AvgIpc) is 3.06. The van der Waals surface area contributed by atoms with Gasteiger partial charge < -0.3 is 4.74 Å². The smallest absolute Gasteiger partial charge is 0.417 e. The minimum absolute atomic E-state index is 0.270. The van der Waals surface area contributed by atoms with Gasteiger partial charge in [0.05, 0.1) is 17.1 Å². The molecule has 5 nitrogen and oxygen atoms in total. The van der Waals surface area contributed by atoms with Crippen molar-refractivity contribution in [1.29, 1.82) is 0 Å². The summed E-state index contributed by atoms with van der Waals surface area (Å²) in [5, 5.41) is 0. The molecule has 0 aromatic heterocycles. The number of nitrogens with one attached hydrogen (secondary N) is 1. The fourth-order valence-electron chi connectivity index (χ4n) is 3.40. The molecule has 0 radical (unpaired) electrons. The molecule has 160 valence electrons. The van der Waals surface area contributed by atoms with E-state index < -0.39 is 38.7 Å². The molecule has 1 atom stereocenters. The Morgan fingerprint density at radius 3 is 2.57 bits per heavy atom. The van der Waals surface area contributed by atoms with Crippen LogP contribution < -0.4 is 4.72 Å². The fraction of sp³-hybridized carbons (Fsp3) is 0.286. The highest BCUT2D eigenvalue weighted by molar-refractivity contribution is 7.89. The Hall–Kier alpha value is -2.65. The van der Waals surface area contributed by atoms with Crippen LogP contribution in [0, 0.1) is 0 Å². The first-order valence-corrected chi connectivity index (χ1v) is 10.7. The number of benzene rings is 2. The molecule has 1 aliphatic carbocycles. The Morgan fingerprint density at radius 1 is 1.17 bits per heavy atom. The topological polar surface area (TPSA) is 72.5 Å². The van der Waals surface area contributed by atoms with Crippen molar-refractivity contribution in [2.24, 2.45) is 0 Å². The zero-order valence-electron chi connectivity index (χ0n) is 16.1. The van der Waals surface area contributed by atoms with Crippen LogP contribution in [0.1, 0.15) is 29.2 Å². The molecule has 2 aromatic carbocycles. The second-order valence-electron chi connectivity index (χ2n) is 6.83. The predicted molar refractivity (Wildman–Crippen MR) is 105 cm³/mol. The lowest BCUT2D eigenvalue weighted by molar-refractivity contribution is -0.140. The minimum Gasteiger partial charge on any atom is -0.463 e. The predicted octanol–water partition coefficient (Wildman–Crippen LogP) is 3.73. The van der Waals surface area contributed by atoms with Crippen LogP contribution in [0.3, 0.4) is 0 Å². The maximum atomic E-state index is 13.2. The van der Waals surface area contributed by atoms with Gasteiger partial charge in [-0.3, -0.25) is 0 Å². The Bertz CT molecular complexity index is 1080. The molecule has 30 heavy (non-hydrogen) atoms. The van der Waals surface area contributed by atoms with Crippen LogP contribution in [0.5, 0.6) is 0 Å². The van der Waals surface area contributed by atoms with E-state index in [1.54, 1.807) is 19.1 Å². The first-order chi connectivity index (χ1) is 14.1. The van der Waals surface area contributed by atoms with E-state index in [1.807, 2.05) is 12.1 Å². The van der Waals surface area contributed by atoms with Gasteiger partial charge in [-0.2, -0.15) is 13.2 Å². The molecule has 2 aromatic rings. The van der Waals surface area contributed by atoms with Crippen molar-refractivity contribution in [3.63, 3.8) is 0 Å². The van der Waals surface area contributed by atoms with Gasteiger partial charge in [0.25, 0.3) is 0 Å². The summed E-state index contributed by atoms with van der Waals surface area (Å²) in [5.74, 6) is -0.466. The van der Waals surface area contributed by atoms with Gasteiger partial charge in [0.1, 0.15) is 0 Å². The second-order valence-corrected chi connectivity index (χ2v) is 8.52. The van der Waals surface area contributed by atoms with Crippen LogP contribution in [0.15, 0.2) is 53.4 Å². The molecule has 0 saturated heterocycles. The monoisotopic (exact) mass is 439 g/mol. The number of alkyl halides is 3. The molecule has 1 aliphatic rings. The van der Waals surface area contributed by atoms with Crippen LogP contribution >= 0.6 is 0 Å². The fourth-order valence-corrected chi connectivity index (χ4v) is 4.86. The summed E-state index contributed by atoms with van der Waals surface area (Å²) in [6, 6.07) is 8.97. The molecule has 0 fully saturated rings. The van der Waals surface area contributed by atoms with Crippen molar-refractivity contribution in [2.45, 2.75) is 36.9 Å². The van der Waals surface area contributed by atoms with Gasteiger partial charge in [0.2, 0.25) is 10.0 Å². The van der Waals surface area contributed by atoms with E-state index in [1.165, 1.54) is 12.1 Å². The normalized spacial score (nSPS) is 16.6. The second kappa shape index (κ2) is 8.61. The molecule has 0 saturated carbocycles. The summed E-state index contributed by atoms with van der Waals surface area (Å²) >= 11 is 0. The molecular formula is C21H20F3NO4S. The summed E-state index contributed by atoms with van der Waals surface area (Å²) < 4.78 is 72.1. The SMILES string of the molecule is CCOC(=O)/C=C/c1ccc2c(c1)CC(NS(=O)(=O)c1ccccc1C(F)(F)F)C2. The van der Waals surface area contributed by atoms with E-state index in [9.17, 15) is 26.4 Å². The summed E-state index contributed by atoms with van der Waals surface area (Å²) in [6.45, 7) is 1.97. The number of esters is 1. The van der Waals surface area contributed by atoms with Gasteiger partial charge in [0, 0.05) is 12.1 Å². The van der Waals surface area contributed by atoms with E-state index in [0.717, 1.165) is 34.9 Å². The van der Waals surface area contributed by atoms with Crippen molar-refractivity contribution in [3.05, 3.63) is 70.8 Å². The van der Waals surface area contributed by atoms with Crippen molar-refractivity contribution >= 4 is 22.1 Å². The van der Waals surface area contributed by atoms with Crippen molar-refractivity contribution in [2.75, 3.05) is 6.61 Å². The van der Waals surface area contributed by atoms with E-state index in [-0.39, 0.29) is 6.61 Å².